The van der Waals surface area contributed by atoms with Crippen molar-refractivity contribution in [3.05, 3.63) is 53.6 Å². The Labute approximate surface area is 183 Å². The average Bonchev–Trinajstić information content (AvgIpc) is 3.13. The van der Waals surface area contributed by atoms with Crippen molar-refractivity contribution < 1.29 is 23.4 Å². The van der Waals surface area contributed by atoms with Gasteiger partial charge in [-0.05, 0) is 56.4 Å². The monoisotopic (exact) mass is 449 g/mol. The molecule has 166 valence electrons. The molecule has 0 bridgehead atoms. The molecule has 1 saturated heterocycles. The van der Waals surface area contributed by atoms with Gasteiger partial charge in [-0.2, -0.15) is 20.5 Å². The van der Waals surface area contributed by atoms with Gasteiger partial charge >= 0.3 is 6.61 Å². The molecular formula is C22H25F2N3O3S. The molecule has 0 aliphatic carbocycles. The van der Waals surface area contributed by atoms with Gasteiger partial charge in [0.1, 0.15) is 5.75 Å². The zero-order valence-corrected chi connectivity index (χ0v) is 18.1. The number of rotatable bonds is 8. The van der Waals surface area contributed by atoms with Gasteiger partial charge in [0.15, 0.2) is 0 Å². The van der Waals surface area contributed by atoms with Crippen molar-refractivity contribution in [2.45, 2.75) is 38.5 Å². The number of alkyl halides is 2. The van der Waals surface area contributed by atoms with E-state index in [4.69, 9.17) is 5.41 Å². The molecule has 2 aromatic rings. The zero-order valence-electron chi connectivity index (χ0n) is 17.2. The molecule has 4 N–H and O–H groups in total. The lowest BCUT2D eigenvalue weighted by Gasteiger charge is -2.25. The smallest absolute Gasteiger partial charge is 0.387 e. The molecule has 2 unspecified atom stereocenters. The molecule has 1 aliphatic heterocycles. The summed E-state index contributed by atoms with van der Waals surface area (Å²) in [5.74, 6) is 1.58. The molecule has 0 spiro atoms. The van der Waals surface area contributed by atoms with E-state index in [1.54, 1.807) is 42.1 Å². The van der Waals surface area contributed by atoms with Crippen molar-refractivity contribution in [2.75, 3.05) is 16.8 Å². The van der Waals surface area contributed by atoms with Gasteiger partial charge in [-0.15, -0.1) is 0 Å². The van der Waals surface area contributed by atoms with Crippen LogP contribution in [0.5, 0.6) is 5.75 Å². The van der Waals surface area contributed by atoms with Crippen molar-refractivity contribution in [1.82, 2.24) is 5.32 Å². The van der Waals surface area contributed by atoms with Gasteiger partial charge in [-0.25, -0.2) is 0 Å². The Balaban J connectivity index is 1.88. The largest absolute Gasteiger partial charge is 0.435 e. The quantitative estimate of drug-likeness (QED) is 0.448. The van der Waals surface area contributed by atoms with Crippen LogP contribution >= 0.6 is 11.8 Å². The van der Waals surface area contributed by atoms with Crippen LogP contribution in [0.4, 0.5) is 20.2 Å². The molecule has 0 aromatic heterocycles. The fourth-order valence-electron chi connectivity index (χ4n) is 3.26. The van der Waals surface area contributed by atoms with Crippen molar-refractivity contribution in [3.63, 3.8) is 0 Å². The van der Waals surface area contributed by atoms with Gasteiger partial charge in [0.2, 0.25) is 0 Å². The van der Waals surface area contributed by atoms with Crippen LogP contribution in [0, 0.1) is 5.41 Å². The molecule has 1 amide bonds. The number of aliphatic hydroxyl groups is 1. The number of hydrogen-bond donors (Lipinski definition) is 4. The van der Waals surface area contributed by atoms with Crippen LogP contribution < -0.4 is 15.4 Å². The minimum absolute atomic E-state index is 0.00849. The Hall–Kier alpha value is -2.65. The zero-order chi connectivity index (χ0) is 22.6. The first kappa shape index (κ1) is 23.0. The van der Waals surface area contributed by atoms with Crippen LogP contribution in [-0.4, -0.2) is 46.5 Å². The van der Waals surface area contributed by atoms with Crippen LogP contribution in [0.1, 0.15) is 36.2 Å². The molecule has 1 aliphatic rings. The van der Waals surface area contributed by atoms with E-state index in [0.717, 1.165) is 17.9 Å². The molecular weight excluding hydrogens is 424 g/mol. The second-order valence-electron chi connectivity index (χ2n) is 7.70. The number of aliphatic hydroxyl groups excluding tert-OH is 1. The summed E-state index contributed by atoms with van der Waals surface area (Å²) in [6.45, 7) is 0.535. The van der Waals surface area contributed by atoms with Crippen molar-refractivity contribution in [1.29, 1.82) is 5.41 Å². The van der Waals surface area contributed by atoms with E-state index in [9.17, 15) is 18.7 Å². The molecule has 0 radical (unpaired) electrons. The van der Waals surface area contributed by atoms with E-state index in [1.807, 2.05) is 6.92 Å². The Morgan fingerprint density at radius 2 is 2.06 bits per heavy atom. The van der Waals surface area contributed by atoms with E-state index < -0.39 is 12.7 Å². The fourth-order valence-corrected chi connectivity index (χ4v) is 4.67. The molecule has 1 heterocycles. The van der Waals surface area contributed by atoms with Crippen LogP contribution in [0.15, 0.2) is 42.5 Å². The first-order valence-corrected chi connectivity index (χ1v) is 11.0. The summed E-state index contributed by atoms with van der Waals surface area (Å²) >= 11 is 1.79. The third-order valence-corrected chi connectivity index (χ3v) is 6.30. The summed E-state index contributed by atoms with van der Waals surface area (Å²) < 4.78 is 29.4. The molecule has 2 atom stereocenters. The topological polar surface area (TPSA) is 94.4 Å². The van der Waals surface area contributed by atoms with Crippen molar-refractivity contribution in [3.8, 4) is 5.75 Å². The van der Waals surface area contributed by atoms with Crippen LogP contribution in [0.2, 0.25) is 0 Å². The van der Waals surface area contributed by atoms with Crippen LogP contribution in [0.3, 0.4) is 0 Å². The number of amides is 1. The Morgan fingerprint density at radius 1 is 1.29 bits per heavy atom. The number of benzene rings is 2. The van der Waals surface area contributed by atoms with E-state index in [-0.39, 0.29) is 22.9 Å². The molecule has 31 heavy (non-hydrogen) atoms. The summed E-state index contributed by atoms with van der Waals surface area (Å²) in [6, 6.07) is 10.8. The minimum Gasteiger partial charge on any atom is -0.435 e. The number of anilines is 2. The van der Waals surface area contributed by atoms with E-state index in [1.165, 1.54) is 19.1 Å². The molecule has 2 aromatic carbocycles. The second-order valence-corrected chi connectivity index (χ2v) is 8.80. The highest BCUT2D eigenvalue weighted by atomic mass is 32.2. The average molecular weight is 450 g/mol. The lowest BCUT2D eigenvalue weighted by atomic mass is 9.98. The summed E-state index contributed by atoms with van der Waals surface area (Å²) in [6.07, 6.45) is -0.174. The SMILES string of the molecule is CC(O)C(=N)c1cc(C(=O)NC2(C)CCSC2)ccc1Nc1cccc(OC(F)F)c1. The van der Waals surface area contributed by atoms with Gasteiger partial charge in [0, 0.05) is 39.9 Å². The highest BCUT2D eigenvalue weighted by molar-refractivity contribution is 7.99. The first-order chi connectivity index (χ1) is 14.7. The minimum atomic E-state index is -2.94. The maximum atomic E-state index is 12.8. The number of ether oxygens (including phenoxy) is 1. The van der Waals surface area contributed by atoms with Crippen molar-refractivity contribution in [2.24, 2.45) is 0 Å². The van der Waals surface area contributed by atoms with Crippen molar-refractivity contribution >= 4 is 34.8 Å². The fraction of sp³-hybridized carbons (Fsp3) is 0.364. The highest BCUT2D eigenvalue weighted by Gasteiger charge is 2.31. The lowest BCUT2D eigenvalue weighted by Crippen LogP contribution is -2.46. The summed E-state index contributed by atoms with van der Waals surface area (Å²) in [5.41, 5.74) is 1.29. The van der Waals surface area contributed by atoms with Gasteiger partial charge < -0.3 is 25.9 Å². The third kappa shape index (κ3) is 5.95. The van der Waals surface area contributed by atoms with Gasteiger partial charge in [0.25, 0.3) is 5.91 Å². The number of hydrogen-bond acceptors (Lipinski definition) is 6. The van der Waals surface area contributed by atoms with E-state index >= 15 is 0 Å². The molecule has 0 saturated carbocycles. The Kier molecular flexibility index (Phi) is 7.17. The first-order valence-electron chi connectivity index (χ1n) is 9.80. The molecule has 1 fully saturated rings. The van der Waals surface area contributed by atoms with Gasteiger partial charge in [0.05, 0.1) is 11.8 Å². The maximum Gasteiger partial charge on any atom is 0.387 e. The Bertz CT molecular complexity index is 963. The van der Waals surface area contributed by atoms with Crippen LogP contribution in [0.25, 0.3) is 0 Å². The summed E-state index contributed by atoms with van der Waals surface area (Å²) in [7, 11) is 0. The third-order valence-electron chi connectivity index (χ3n) is 4.96. The predicted molar refractivity (Wildman–Crippen MR) is 119 cm³/mol. The second kappa shape index (κ2) is 9.65. The van der Waals surface area contributed by atoms with E-state index in [2.05, 4.69) is 15.4 Å². The van der Waals surface area contributed by atoms with Gasteiger partial charge in [-0.1, -0.05) is 6.07 Å². The summed E-state index contributed by atoms with van der Waals surface area (Å²) in [4.78, 5) is 12.8. The number of thioether (sulfide) groups is 1. The maximum absolute atomic E-state index is 12.8. The van der Waals surface area contributed by atoms with Gasteiger partial charge in [-0.3, -0.25) is 4.79 Å². The Morgan fingerprint density at radius 3 is 2.71 bits per heavy atom. The summed E-state index contributed by atoms with van der Waals surface area (Å²) in [5, 5.41) is 24.3. The van der Waals surface area contributed by atoms with Crippen LogP contribution in [-0.2, 0) is 0 Å². The number of halogens is 2. The standard InChI is InChI=1S/C22H25F2N3O3S/c1-13(28)19(25)17-10-14(20(29)27-22(2)8-9-31-12-22)6-7-18(17)26-15-4-3-5-16(11-15)30-21(23)24/h3-7,10-11,13,21,25-26,28H,8-9,12H2,1-2H3,(H,27,29). The van der Waals surface area contributed by atoms with E-state index in [0.29, 0.717) is 22.5 Å². The number of carbonyl (C=O) groups excluding carboxylic acids is 1. The molecule has 6 nitrogen and oxygen atoms in total. The number of carbonyl (C=O) groups is 1. The normalized spacial score (nSPS) is 19.2. The highest BCUT2D eigenvalue weighted by Crippen LogP contribution is 2.29. The predicted octanol–water partition coefficient (Wildman–Crippen LogP) is 4.41. The molecule has 9 heteroatoms. The lowest BCUT2D eigenvalue weighted by molar-refractivity contribution is -0.0498. The molecule has 3 rings (SSSR count). The number of nitrogens with one attached hydrogen (secondary N) is 3.